The lowest BCUT2D eigenvalue weighted by atomic mass is 10.1. The SMILES string of the molecule is O=C([O-])CCNC(=O)/C(=C/c1ccccc1[N+](=O)[O-])NC(=O)c1ccccc1. The van der Waals surface area contributed by atoms with Gasteiger partial charge in [0.1, 0.15) is 5.70 Å². The average Bonchev–Trinajstić information content (AvgIpc) is 2.68. The predicted octanol–water partition coefficient (Wildman–Crippen LogP) is 0.622. The Bertz CT molecular complexity index is 924. The van der Waals surface area contributed by atoms with Gasteiger partial charge in [-0.3, -0.25) is 19.7 Å². The summed E-state index contributed by atoms with van der Waals surface area (Å²) in [6.07, 6.45) is 0.741. The maximum Gasteiger partial charge on any atom is 0.276 e. The Balaban J connectivity index is 2.33. The van der Waals surface area contributed by atoms with Crippen molar-refractivity contribution in [3.63, 3.8) is 0 Å². The first-order valence-corrected chi connectivity index (χ1v) is 8.18. The molecule has 9 heteroatoms. The molecule has 0 spiro atoms. The molecule has 9 nitrogen and oxygen atoms in total. The van der Waals surface area contributed by atoms with E-state index >= 15 is 0 Å². The molecule has 0 aliphatic carbocycles. The molecule has 0 saturated heterocycles. The van der Waals surface area contributed by atoms with Gasteiger partial charge in [0.15, 0.2) is 0 Å². The first-order valence-electron chi connectivity index (χ1n) is 8.18. The zero-order valence-corrected chi connectivity index (χ0v) is 14.6. The average molecular weight is 382 g/mol. The minimum absolute atomic E-state index is 0.103. The summed E-state index contributed by atoms with van der Waals surface area (Å²) >= 11 is 0. The van der Waals surface area contributed by atoms with Crippen molar-refractivity contribution in [3.8, 4) is 0 Å². The van der Waals surface area contributed by atoms with Crippen LogP contribution in [-0.4, -0.2) is 29.3 Å². The highest BCUT2D eigenvalue weighted by molar-refractivity contribution is 6.05. The first-order chi connectivity index (χ1) is 13.4. The van der Waals surface area contributed by atoms with E-state index in [1.165, 1.54) is 30.3 Å². The molecule has 0 fully saturated rings. The maximum absolute atomic E-state index is 12.4. The molecule has 2 rings (SSSR count). The molecule has 0 bridgehead atoms. The molecule has 0 atom stereocenters. The summed E-state index contributed by atoms with van der Waals surface area (Å²) in [5.41, 5.74) is -0.137. The second kappa shape index (κ2) is 9.62. The molecular weight excluding hydrogens is 366 g/mol. The van der Waals surface area contributed by atoms with E-state index in [0.29, 0.717) is 0 Å². The fraction of sp³-hybridized carbons (Fsp3) is 0.105. The highest BCUT2D eigenvalue weighted by Crippen LogP contribution is 2.20. The number of benzene rings is 2. The molecule has 0 aliphatic heterocycles. The third-order valence-electron chi connectivity index (χ3n) is 3.58. The quantitative estimate of drug-likeness (QED) is 0.389. The van der Waals surface area contributed by atoms with Crippen molar-refractivity contribution in [3.05, 3.63) is 81.5 Å². The minimum Gasteiger partial charge on any atom is -0.550 e. The number of amides is 2. The number of hydrogen-bond acceptors (Lipinski definition) is 6. The Morgan fingerprint density at radius 1 is 1.00 bits per heavy atom. The second-order valence-electron chi connectivity index (χ2n) is 5.57. The van der Waals surface area contributed by atoms with E-state index in [1.54, 1.807) is 24.3 Å². The van der Waals surface area contributed by atoms with E-state index in [1.807, 2.05) is 0 Å². The third kappa shape index (κ3) is 5.77. The Kier molecular flexibility index (Phi) is 6.98. The van der Waals surface area contributed by atoms with Gasteiger partial charge in [-0.05, 0) is 24.3 Å². The van der Waals surface area contributed by atoms with Crippen LogP contribution in [0.15, 0.2) is 60.3 Å². The summed E-state index contributed by atoms with van der Waals surface area (Å²) in [6.45, 7) is -0.226. The molecule has 0 aliphatic rings. The normalized spacial score (nSPS) is 10.8. The van der Waals surface area contributed by atoms with Crippen molar-refractivity contribution in [2.75, 3.05) is 6.54 Å². The number of nitrogens with one attached hydrogen (secondary N) is 2. The fourth-order valence-corrected chi connectivity index (χ4v) is 2.25. The van der Waals surface area contributed by atoms with Crippen LogP contribution in [0.3, 0.4) is 0 Å². The monoisotopic (exact) mass is 382 g/mol. The van der Waals surface area contributed by atoms with Gasteiger partial charge < -0.3 is 20.5 Å². The van der Waals surface area contributed by atoms with Crippen LogP contribution in [0.25, 0.3) is 6.08 Å². The molecule has 2 amide bonds. The van der Waals surface area contributed by atoms with Gasteiger partial charge in [-0.1, -0.05) is 30.3 Å². The molecule has 0 saturated carbocycles. The van der Waals surface area contributed by atoms with Crippen molar-refractivity contribution < 1.29 is 24.4 Å². The van der Waals surface area contributed by atoms with Crippen LogP contribution < -0.4 is 15.7 Å². The number of nitro benzene ring substituents is 1. The van der Waals surface area contributed by atoms with E-state index in [9.17, 15) is 29.6 Å². The first kappa shape index (κ1) is 20.3. The van der Waals surface area contributed by atoms with Crippen LogP contribution >= 0.6 is 0 Å². The lowest BCUT2D eigenvalue weighted by Crippen LogP contribution is -2.37. The van der Waals surface area contributed by atoms with Gasteiger partial charge >= 0.3 is 0 Å². The van der Waals surface area contributed by atoms with Gasteiger partial charge in [0, 0.05) is 30.6 Å². The molecule has 0 radical (unpaired) electrons. The summed E-state index contributed by atoms with van der Waals surface area (Å²) in [5.74, 6) is -2.73. The van der Waals surface area contributed by atoms with Gasteiger partial charge in [0.2, 0.25) is 0 Å². The van der Waals surface area contributed by atoms with Crippen molar-refractivity contribution in [2.45, 2.75) is 6.42 Å². The number of para-hydroxylation sites is 1. The van der Waals surface area contributed by atoms with Crippen molar-refractivity contribution in [1.82, 2.24) is 10.6 Å². The van der Waals surface area contributed by atoms with E-state index in [2.05, 4.69) is 10.6 Å². The molecule has 2 N–H and O–H groups in total. The largest absolute Gasteiger partial charge is 0.550 e. The molecular formula is C19H16N3O6-. The molecule has 0 heterocycles. The van der Waals surface area contributed by atoms with Crippen molar-refractivity contribution in [2.24, 2.45) is 0 Å². The summed E-state index contributed by atoms with van der Waals surface area (Å²) in [4.78, 5) is 45.8. The second-order valence-corrected chi connectivity index (χ2v) is 5.57. The smallest absolute Gasteiger partial charge is 0.276 e. The minimum atomic E-state index is -1.35. The molecule has 144 valence electrons. The summed E-state index contributed by atoms with van der Waals surface area (Å²) in [5, 5.41) is 26.4. The maximum atomic E-state index is 12.4. The molecule has 0 unspecified atom stereocenters. The van der Waals surface area contributed by atoms with Crippen LogP contribution in [0.4, 0.5) is 5.69 Å². The Morgan fingerprint density at radius 3 is 2.29 bits per heavy atom. The van der Waals surface area contributed by atoms with E-state index in [0.717, 1.165) is 6.08 Å². The molecule has 2 aromatic carbocycles. The third-order valence-corrected chi connectivity index (χ3v) is 3.58. The highest BCUT2D eigenvalue weighted by atomic mass is 16.6. The van der Waals surface area contributed by atoms with Gasteiger partial charge in [0.25, 0.3) is 17.5 Å². The summed E-state index contributed by atoms with van der Waals surface area (Å²) in [6, 6.07) is 13.8. The molecule has 2 aromatic rings. The van der Waals surface area contributed by atoms with Crippen LogP contribution in [0, 0.1) is 10.1 Å². The summed E-state index contributed by atoms with van der Waals surface area (Å²) in [7, 11) is 0. The highest BCUT2D eigenvalue weighted by Gasteiger charge is 2.17. The number of carboxylic acid groups (broad SMARTS) is 1. The Hall–Kier alpha value is -4.01. The van der Waals surface area contributed by atoms with Gasteiger partial charge in [-0.15, -0.1) is 0 Å². The molecule has 28 heavy (non-hydrogen) atoms. The lowest BCUT2D eigenvalue weighted by Gasteiger charge is -2.11. The number of carboxylic acids is 1. The zero-order valence-electron chi connectivity index (χ0n) is 14.6. The number of carbonyl (C=O) groups excluding carboxylic acids is 3. The lowest BCUT2D eigenvalue weighted by molar-refractivity contribution is -0.385. The van der Waals surface area contributed by atoms with Crippen LogP contribution in [-0.2, 0) is 9.59 Å². The van der Waals surface area contributed by atoms with Crippen molar-refractivity contribution >= 4 is 29.5 Å². The number of hydrogen-bond donors (Lipinski definition) is 2. The van der Waals surface area contributed by atoms with Crippen LogP contribution in [0.1, 0.15) is 22.3 Å². The van der Waals surface area contributed by atoms with E-state index in [-0.39, 0.29) is 29.1 Å². The number of nitro groups is 1. The van der Waals surface area contributed by atoms with Crippen LogP contribution in [0.5, 0.6) is 0 Å². The van der Waals surface area contributed by atoms with Gasteiger partial charge in [-0.2, -0.15) is 0 Å². The number of rotatable bonds is 8. The zero-order chi connectivity index (χ0) is 20.5. The Morgan fingerprint density at radius 2 is 1.64 bits per heavy atom. The molecule has 0 aromatic heterocycles. The van der Waals surface area contributed by atoms with E-state index in [4.69, 9.17) is 0 Å². The van der Waals surface area contributed by atoms with Gasteiger partial charge in [-0.25, -0.2) is 0 Å². The van der Waals surface area contributed by atoms with E-state index < -0.39 is 29.1 Å². The summed E-state index contributed by atoms with van der Waals surface area (Å²) < 4.78 is 0. The number of nitrogens with zero attached hydrogens (tertiary/aromatic N) is 1. The predicted molar refractivity (Wildman–Crippen MR) is 97.6 cm³/mol. The standard InChI is InChI=1S/C19H17N3O6/c23-17(24)10-11-20-19(26)15(21-18(25)13-6-2-1-3-7-13)12-14-8-4-5-9-16(14)22(27)28/h1-9,12H,10-11H2,(H,20,26)(H,21,25)(H,23,24)/p-1/b15-12-. The fourth-order valence-electron chi connectivity index (χ4n) is 2.25. The Labute approximate surface area is 159 Å². The topological polar surface area (TPSA) is 141 Å². The number of aliphatic carboxylic acids is 1. The van der Waals surface area contributed by atoms with Crippen molar-refractivity contribution in [1.29, 1.82) is 0 Å². The number of carbonyl (C=O) groups is 3. The van der Waals surface area contributed by atoms with Gasteiger partial charge in [0.05, 0.1) is 10.5 Å². The van der Waals surface area contributed by atoms with Crippen LogP contribution in [0.2, 0.25) is 0 Å².